The minimum Gasteiger partial charge on any atom is -0.333 e. The molecule has 23 heavy (non-hydrogen) atoms. The highest BCUT2D eigenvalue weighted by Crippen LogP contribution is 2.23. The van der Waals surface area contributed by atoms with Crippen LogP contribution >= 0.6 is 11.8 Å². The maximum absolute atomic E-state index is 12.4. The largest absolute Gasteiger partial charge is 0.333 e. The van der Waals surface area contributed by atoms with Crippen LogP contribution in [-0.4, -0.2) is 40.3 Å². The van der Waals surface area contributed by atoms with Gasteiger partial charge < -0.3 is 10.2 Å². The lowest BCUT2D eigenvalue weighted by atomic mass is 10.2. The zero-order valence-corrected chi connectivity index (χ0v) is 15.6. The van der Waals surface area contributed by atoms with Crippen LogP contribution in [0.4, 0.5) is 5.69 Å². The Morgan fingerprint density at radius 2 is 1.87 bits per heavy atom. The number of carbonyl (C=O) groups is 2. The summed E-state index contributed by atoms with van der Waals surface area (Å²) in [5.41, 5.74) is 1.81. The highest BCUT2D eigenvalue weighted by molar-refractivity contribution is 8.01. The lowest BCUT2D eigenvalue weighted by molar-refractivity contribution is -0.132. The average Bonchev–Trinajstić information content (AvgIpc) is 2.46. The number of para-hydroxylation sites is 1. The Labute approximate surface area is 144 Å². The molecule has 1 rings (SSSR count). The number of hydrogen-bond acceptors (Lipinski definition) is 3. The van der Waals surface area contributed by atoms with Crippen molar-refractivity contribution >= 4 is 29.3 Å². The molecule has 0 aliphatic rings. The fourth-order valence-electron chi connectivity index (χ4n) is 2.01. The molecule has 0 saturated heterocycles. The molecule has 0 atom stereocenters. The average molecular weight is 337 g/mol. The minimum atomic E-state index is -0.151. The van der Waals surface area contributed by atoms with Crippen molar-refractivity contribution in [2.75, 3.05) is 24.2 Å². The Kier molecular flexibility index (Phi) is 7.62. The van der Waals surface area contributed by atoms with E-state index in [9.17, 15) is 9.59 Å². The molecule has 4 nitrogen and oxygen atoms in total. The second-order valence-electron chi connectivity index (χ2n) is 6.58. The van der Waals surface area contributed by atoms with Crippen LogP contribution in [0.25, 0.3) is 0 Å². The number of amides is 2. The fraction of sp³-hybridized carbons (Fsp3) is 0.556. The van der Waals surface area contributed by atoms with Crippen LogP contribution in [0.2, 0.25) is 0 Å². The maximum Gasteiger partial charge on any atom is 0.244 e. The molecule has 0 saturated carbocycles. The molecule has 0 spiro atoms. The first-order valence-electron chi connectivity index (χ1n) is 8.00. The molecule has 1 N–H and O–H groups in total. The van der Waals surface area contributed by atoms with Crippen molar-refractivity contribution in [3.8, 4) is 0 Å². The van der Waals surface area contributed by atoms with Crippen molar-refractivity contribution in [1.82, 2.24) is 4.90 Å². The van der Waals surface area contributed by atoms with Gasteiger partial charge in [0.25, 0.3) is 0 Å². The topological polar surface area (TPSA) is 49.4 Å². The Morgan fingerprint density at radius 3 is 2.43 bits per heavy atom. The van der Waals surface area contributed by atoms with E-state index in [0.29, 0.717) is 12.3 Å². The lowest BCUT2D eigenvalue weighted by Gasteiger charge is -2.24. The van der Waals surface area contributed by atoms with Crippen molar-refractivity contribution in [2.24, 2.45) is 0 Å². The molecular weight excluding hydrogens is 308 g/mol. The standard InChI is InChI=1S/C18H28N2O2S/c1-6-11-20(17(22)13-23-18(3,4)5)12-16(21)19-15-10-8-7-9-14(15)2/h7-10H,6,11-13H2,1-5H3,(H,19,21). The Balaban J connectivity index is 2.62. The van der Waals surface area contributed by atoms with E-state index in [1.807, 2.05) is 38.1 Å². The molecular formula is C18H28N2O2S. The summed E-state index contributed by atoms with van der Waals surface area (Å²) in [5, 5.41) is 2.89. The summed E-state index contributed by atoms with van der Waals surface area (Å²) in [6, 6.07) is 7.64. The molecule has 2 amide bonds. The molecule has 1 aromatic carbocycles. The number of rotatable bonds is 7. The number of nitrogens with one attached hydrogen (secondary N) is 1. The van der Waals surface area contributed by atoms with Gasteiger partial charge in [-0.15, -0.1) is 11.8 Å². The van der Waals surface area contributed by atoms with Gasteiger partial charge in [0.1, 0.15) is 0 Å². The first-order valence-corrected chi connectivity index (χ1v) is 8.98. The molecule has 0 aliphatic carbocycles. The van der Waals surface area contributed by atoms with Crippen LogP contribution in [0.1, 0.15) is 39.7 Å². The quantitative estimate of drug-likeness (QED) is 0.826. The molecule has 0 aromatic heterocycles. The van der Waals surface area contributed by atoms with Gasteiger partial charge in [-0.1, -0.05) is 45.9 Å². The van der Waals surface area contributed by atoms with Gasteiger partial charge in [-0.3, -0.25) is 9.59 Å². The molecule has 128 valence electrons. The van der Waals surface area contributed by atoms with Crippen molar-refractivity contribution in [3.63, 3.8) is 0 Å². The van der Waals surface area contributed by atoms with E-state index in [-0.39, 0.29) is 23.1 Å². The van der Waals surface area contributed by atoms with E-state index in [1.54, 1.807) is 16.7 Å². The van der Waals surface area contributed by atoms with Gasteiger partial charge in [0, 0.05) is 17.0 Å². The maximum atomic E-state index is 12.4. The first-order chi connectivity index (χ1) is 10.7. The molecule has 0 heterocycles. The van der Waals surface area contributed by atoms with Crippen LogP contribution in [0.15, 0.2) is 24.3 Å². The second-order valence-corrected chi connectivity index (χ2v) is 8.38. The summed E-state index contributed by atoms with van der Waals surface area (Å²) in [5.74, 6) is 0.273. The second kappa shape index (κ2) is 8.96. The van der Waals surface area contributed by atoms with Crippen LogP contribution in [0.3, 0.4) is 0 Å². The predicted molar refractivity (Wildman–Crippen MR) is 98.9 cm³/mol. The molecule has 0 unspecified atom stereocenters. The normalized spacial score (nSPS) is 11.2. The van der Waals surface area contributed by atoms with Gasteiger partial charge in [0.2, 0.25) is 11.8 Å². The summed E-state index contributed by atoms with van der Waals surface area (Å²) in [4.78, 5) is 26.2. The number of thioether (sulfide) groups is 1. The lowest BCUT2D eigenvalue weighted by Crippen LogP contribution is -2.40. The number of aryl methyl sites for hydroxylation is 1. The van der Waals surface area contributed by atoms with E-state index < -0.39 is 0 Å². The number of anilines is 1. The van der Waals surface area contributed by atoms with E-state index in [0.717, 1.165) is 17.7 Å². The third-order valence-electron chi connectivity index (χ3n) is 3.23. The first kappa shape index (κ1) is 19.6. The highest BCUT2D eigenvalue weighted by atomic mass is 32.2. The van der Waals surface area contributed by atoms with Gasteiger partial charge in [0.15, 0.2) is 0 Å². The number of carbonyl (C=O) groups excluding carboxylic acids is 2. The van der Waals surface area contributed by atoms with Gasteiger partial charge in [-0.25, -0.2) is 0 Å². The molecule has 0 fully saturated rings. The Bertz CT molecular complexity index is 538. The van der Waals surface area contributed by atoms with E-state index in [4.69, 9.17) is 0 Å². The number of benzene rings is 1. The number of hydrogen-bond donors (Lipinski definition) is 1. The zero-order valence-electron chi connectivity index (χ0n) is 14.8. The van der Waals surface area contributed by atoms with Crippen LogP contribution in [-0.2, 0) is 9.59 Å². The molecule has 5 heteroatoms. The van der Waals surface area contributed by atoms with Crippen LogP contribution in [0, 0.1) is 6.92 Å². The molecule has 1 aromatic rings. The van der Waals surface area contributed by atoms with Gasteiger partial charge in [-0.2, -0.15) is 0 Å². The van der Waals surface area contributed by atoms with Crippen molar-refractivity contribution in [2.45, 2.75) is 45.8 Å². The molecule has 0 bridgehead atoms. The SMILES string of the molecule is CCCN(CC(=O)Nc1ccccc1C)C(=O)CSC(C)(C)C. The summed E-state index contributed by atoms with van der Waals surface area (Å²) in [6.45, 7) is 10.9. The Hall–Kier alpha value is -1.49. The smallest absolute Gasteiger partial charge is 0.244 e. The summed E-state index contributed by atoms with van der Waals surface area (Å²) >= 11 is 1.61. The van der Waals surface area contributed by atoms with Crippen molar-refractivity contribution in [3.05, 3.63) is 29.8 Å². The number of nitrogens with zero attached hydrogens (tertiary/aromatic N) is 1. The fourth-order valence-corrected chi connectivity index (χ4v) is 2.75. The molecule has 0 radical (unpaired) electrons. The summed E-state index contributed by atoms with van der Waals surface area (Å²) in [7, 11) is 0. The summed E-state index contributed by atoms with van der Waals surface area (Å²) in [6.07, 6.45) is 0.837. The van der Waals surface area contributed by atoms with Gasteiger partial charge >= 0.3 is 0 Å². The van der Waals surface area contributed by atoms with Crippen LogP contribution in [0.5, 0.6) is 0 Å². The van der Waals surface area contributed by atoms with Gasteiger partial charge in [0.05, 0.1) is 12.3 Å². The summed E-state index contributed by atoms with van der Waals surface area (Å²) < 4.78 is 0.0386. The molecule has 0 aliphatic heterocycles. The third-order valence-corrected chi connectivity index (χ3v) is 4.49. The Morgan fingerprint density at radius 1 is 1.22 bits per heavy atom. The van der Waals surface area contributed by atoms with Crippen molar-refractivity contribution < 1.29 is 9.59 Å². The van der Waals surface area contributed by atoms with Crippen LogP contribution < -0.4 is 5.32 Å². The van der Waals surface area contributed by atoms with Gasteiger partial charge in [-0.05, 0) is 25.0 Å². The monoisotopic (exact) mass is 336 g/mol. The third kappa shape index (κ3) is 7.55. The highest BCUT2D eigenvalue weighted by Gasteiger charge is 2.20. The zero-order chi connectivity index (χ0) is 17.5. The van der Waals surface area contributed by atoms with Crippen molar-refractivity contribution in [1.29, 1.82) is 0 Å². The minimum absolute atomic E-state index is 0.0201. The van der Waals surface area contributed by atoms with E-state index in [1.165, 1.54) is 0 Å². The van der Waals surface area contributed by atoms with E-state index >= 15 is 0 Å². The predicted octanol–water partition coefficient (Wildman–Crippen LogP) is 3.70. The van der Waals surface area contributed by atoms with E-state index in [2.05, 4.69) is 26.1 Å².